The van der Waals surface area contributed by atoms with Gasteiger partial charge in [0.05, 0.1) is 12.3 Å². The molecule has 0 aliphatic carbocycles. The van der Waals surface area contributed by atoms with Gasteiger partial charge in [-0.05, 0) is 45.2 Å². The van der Waals surface area contributed by atoms with Gasteiger partial charge in [-0.15, -0.1) is 0 Å². The Hall–Kier alpha value is -2.37. The molecule has 6 heteroatoms. The minimum absolute atomic E-state index is 0.0818. The van der Waals surface area contributed by atoms with Crippen LogP contribution in [0.3, 0.4) is 0 Å². The number of rotatable bonds is 4. The lowest BCUT2D eigenvalue weighted by atomic mass is 10.1. The van der Waals surface area contributed by atoms with E-state index in [-0.39, 0.29) is 12.0 Å². The number of carbonyl (C=O) groups is 1. The monoisotopic (exact) mass is 300 g/mol. The molecule has 1 amide bonds. The van der Waals surface area contributed by atoms with Crippen LogP contribution >= 0.6 is 0 Å². The molecule has 116 valence electrons. The normalized spacial score (nSPS) is 13.8. The second-order valence-electron chi connectivity index (χ2n) is 5.70. The number of carbonyl (C=O) groups excluding carboxylic acids is 1. The van der Waals surface area contributed by atoms with Gasteiger partial charge in [-0.25, -0.2) is 4.98 Å². The highest BCUT2D eigenvalue weighted by Gasteiger charge is 2.15. The number of fused-ring (bicyclic) bond motifs is 1. The second-order valence-corrected chi connectivity index (χ2v) is 5.70. The van der Waals surface area contributed by atoms with Crippen LogP contribution in [0, 0.1) is 0 Å². The molecular weight excluding hydrogens is 280 g/mol. The number of anilines is 1. The molecule has 1 aliphatic rings. The van der Waals surface area contributed by atoms with Crippen LogP contribution in [-0.4, -0.2) is 26.8 Å². The molecule has 0 aromatic carbocycles. The van der Waals surface area contributed by atoms with Crippen molar-refractivity contribution in [2.75, 3.05) is 5.32 Å². The van der Waals surface area contributed by atoms with E-state index >= 15 is 0 Å². The highest BCUT2D eigenvalue weighted by Crippen LogP contribution is 2.18. The lowest BCUT2D eigenvalue weighted by Crippen LogP contribution is -2.15. The third kappa shape index (κ3) is 3.27. The Kier molecular flexibility index (Phi) is 4.09. The van der Waals surface area contributed by atoms with E-state index in [0.717, 1.165) is 19.4 Å². The van der Waals surface area contributed by atoms with Crippen LogP contribution in [0.15, 0.2) is 24.4 Å². The fourth-order valence-electron chi connectivity index (χ4n) is 2.52. The molecule has 6 nitrogen and oxygen atoms in total. The van der Waals surface area contributed by atoms with E-state index in [1.165, 1.54) is 12.1 Å². The van der Waals surface area contributed by atoms with E-state index in [2.05, 4.69) is 15.4 Å². The van der Waals surface area contributed by atoms with E-state index in [4.69, 9.17) is 4.74 Å². The smallest absolute Gasteiger partial charge is 0.275 e. The molecule has 0 fully saturated rings. The van der Waals surface area contributed by atoms with Crippen molar-refractivity contribution in [2.45, 2.75) is 45.8 Å². The van der Waals surface area contributed by atoms with Crippen LogP contribution in [0.4, 0.5) is 5.82 Å². The molecule has 3 rings (SSSR count). The summed E-state index contributed by atoms with van der Waals surface area (Å²) >= 11 is 0. The molecule has 2 aromatic heterocycles. The van der Waals surface area contributed by atoms with E-state index < -0.39 is 0 Å². The van der Waals surface area contributed by atoms with Gasteiger partial charge in [0.1, 0.15) is 11.4 Å². The van der Waals surface area contributed by atoms with Crippen LogP contribution in [0.2, 0.25) is 0 Å². The number of aromatic nitrogens is 3. The highest BCUT2D eigenvalue weighted by atomic mass is 16.5. The van der Waals surface area contributed by atoms with E-state index in [0.29, 0.717) is 17.3 Å². The average molecular weight is 300 g/mol. The predicted octanol–water partition coefficient (Wildman–Crippen LogP) is 2.65. The fourth-order valence-corrected chi connectivity index (χ4v) is 2.52. The van der Waals surface area contributed by atoms with Crippen molar-refractivity contribution >= 4 is 11.7 Å². The molecule has 0 bridgehead atoms. The summed E-state index contributed by atoms with van der Waals surface area (Å²) < 4.78 is 7.48. The molecule has 0 saturated heterocycles. The second kappa shape index (κ2) is 6.17. The van der Waals surface area contributed by atoms with Crippen molar-refractivity contribution in [3.05, 3.63) is 35.8 Å². The summed E-state index contributed by atoms with van der Waals surface area (Å²) in [6.45, 7) is 4.81. The van der Waals surface area contributed by atoms with Gasteiger partial charge in [0, 0.05) is 18.3 Å². The summed E-state index contributed by atoms with van der Waals surface area (Å²) in [4.78, 5) is 16.3. The number of pyridine rings is 1. The fraction of sp³-hybridized carbons (Fsp3) is 0.438. The quantitative estimate of drug-likeness (QED) is 0.942. The largest absolute Gasteiger partial charge is 0.489 e. The zero-order valence-corrected chi connectivity index (χ0v) is 12.9. The number of hydrogen-bond donors (Lipinski definition) is 1. The standard InChI is InChI=1S/C16H20N4O2/c1-11(2)22-13-6-7-14(17-10-13)16(21)18-15-9-12-5-3-4-8-20(12)19-15/h6-7,9-11H,3-5,8H2,1-2H3,(H,18,19,21). The Bertz CT molecular complexity index is 638. The molecule has 1 aliphatic heterocycles. The molecule has 0 unspecified atom stereocenters. The minimum Gasteiger partial charge on any atom is -0.489 e. The molecule has 0 atom stereocenters. The highest BCUT2D eigenvalue weighted by molar-refractivity contribution is 6.02. The number of amides is 1. The first kappa shape index (κ1) is 14.6. The molecule has 1 N–H and O–H groups in total. The maximum absolute atomic E-state index is 12.2. The zero-order chi connectivity index (χ0) is 15.5. The van der Waals surface area contributed by atoms with E-state index in [1.807, 2.05) is 24.6 Å². The summed E-state index contributed by atoms with van der Waals surface area (Å²) in [6, 6.07) is 5.34. The summed E-state index contributed by atoms with van der Waals surface area (Å²) in [5.74, 6) is 0.988. The van der Waals surface area contributed by atoms with Gasteiger partial charge >= 0.3 is 0 Å². The number of hydrogen-bond acceptors (Lipinski definition) is 4. The first-order valence-corrected chi connectivity index (χ1v) is 7.62. The first-order valence-electron chi connectivity index (χ1n) is 7.62. The van der Waals surface area contributed by atoms with E-state index in [9.17, 15) is 4.79 Å². The Labute approximate surface area is 129 Å². The van der Waals surface area contributed by atoms with Gasteiger partial charge < -0.3 is 10.1 Å². The summed E-state index contributed by atoms with van der Waals surface area (Å²) in [7, 11) is 0. The lowest BCUT2D eigenvalue weighted by Gasteiger charge is -2.11. The van der Waals surface area contributed by atoms with Crippen molar-refractivity contribution in [3.63, 3.8) is 0 Å². The SMILES string of the molecule is CC(C)Oc1ccc(C(=O)Nc2cc3n(n2)CCCC3)nc1. The third-order valence-corrected chi connectivity index (χ3v) is 3.50. The summed E-state index contributed by atoms with van der Waals surface area (Å²) in [5.41, 5.74) is 1.53. The van der Waals surface area contributed by atoms with Gasteiger partial charge in [-0.3, -0.25) is 9.48 Å². The molecule has 0 radical (unpaired) electrons. The zero-order valence-electron chi connectivity index (χ0n) is 12.9. The molecule has 0 saturated carbocycles. The number of ether oxygens (including phenoxy) is 1. The third-order valence-electron chi connectivity index (χ3n) is 3.50. The van der Waals surface area contributed by atoms with Crippen LogP contribution in [0.5, 0.6) is 5.75 Å². The van der Waals surface area contributed by atoms with Crippen molar-refractivity contribution in [1.29, 1.82) is 0 Å². The van der Waals surface area contributed by atoms with Gasteiger partial charge in [-0.1, -0.05) is 0 Å². The number of nitrogens with zero attached hydrogens (tertiary/aromatic N) is 3. The maximum atomic E-state index is 12.2. The van der Waals surface area contributed by atoms with Gasteiger partial charge in [0.2, 0.25) is 0 Å². The van der Waals surface area contributed by atoms with Crippen LogP contribution in [0.25, 0.3) is 0 Å². The molecule has 2 aromatic rings. The molecule has 22 heavy (non-hydrogen) atoms. The predicted molar refractivity (Wildman–Crippen MR) is 83.1 cm³/mol. The van der Waals surface area contributed by atoms with Crippen LogP contribution < -0.4 is 10.1 Å². The van der Waals surface area contributed by atoms with Gasteiger partial charge in [0.25, 0.3) is 5.91 Å². The summed E-state index contributed by atoms with van der Waals surface area (Å²) in [6.07, 6.45) is 4.98. The van der Waals surface area contributed by atoms with Gasteiger partial charge in [0.15, 0.2) is 5.82 Å². The molecule has 0 spiro atoms. The molecule has 3 heterocycles. The Morgan fingerprint density at radius 3 is 2.91 bits per heavy atom. The number of nitrogens with one attached hydrogen (secondary N) is 1. The Morgan fingerprint density at radius 2 is 2.23 bits per heavy atom. The Balaban J connectivity index is 1.67. The van der Waals surface area contributed by atoms with Crippen LogP contribution in [-0.2, 0) is 13.0 Å². The topological polar surface area (TPSA) is 69.0 Å². The first-order chi connectivity index (χ1) is 10.6. The van der Waals surface area contributed by atoms with Crippen molar-refractivity contribution < 1.29 is 9.53 Å². The molecular formula is C16H20N4O2. The summed E-state index contributed by atoms with van der Waals surface area (Å²) in [5, 5.41) is 7.21. The van der Waals surface area contributed by atoms with Gasteiger partial charge in [-0.2, -0.15) is 5.10 Å². The average Bonchev–Trinajstić information content (AvgIpc) is 2.89. The van der Waals surface area contributed by atoms with Crippen molar-refractivity contribution in [2.24, 2.45) is 0 Å². The lowest BCUT2D eigenvalue weighted by molar-refractivity contribution is 0.102. The van der Waals surface area contributed by atoms with Crippen molar-refractivity contribution in [3.8, 4) is 5.75 Å². The van der Waals surface area contributed by atoms with Crippen molar-refractivity contribution in [1.82, 2.24) is 14.8 Å². The minimum atomic E-state index is -0.258. The maximum Gasteiger partial charge on any atom is 0.275 e. The van der Waals surface area contributed by atoms with Crippen LogP contribution in [0.1, 0.15) is 42.9 Å². The number of aryl methyl sites for hydroxylation is 2. The van der Waals surface area contributed by atoms with E-state index in [1.54, 1.807) is 18.3 Å². The Morgan fingerprint density at radius 1 is 1.36 bits per heavy atom.